The molecule has 0 saturated carbocycles. The van der Waals surface area contributed by atoms with Crippen molar-refractivity contribution in [1.29, 1.82) is 0 Å². The van der Waals surface area contributed by atoms with Gasteiger partial charge in [0.2, 0.25) is 0 Å². The Labute approximate surface area is 102 Å². The van der Waals surface area contributed by atoms with Crippen LogP contribution in [-0.4, -0.2) is 11.0 Å². The summed E-state index contributed by atoms with van der Waals surface area (Å²) in [7, 11) is 0. The van der Waals surface area contributed by atoms with Gasteiger partial charge >= 0.3 is 0 Å². The molecule has 0 saturated heterocycles. The number of anilines is 1. The van der Waals surface area contributed by atoms with E-state index in [1.54, 1.807) is 12.1 Å². The van der Waals surface area contributed by atoms with Gasteiger partial charge in [0.1, 0.15) is 17.4 Å². The molecule has 1 amide bonds. The highest BCUT2D eigenvalue weighted by Gasteiger charge is 2.11. The molecule has 0 spiro atoms. The Hall–Kier alpha value is -2.43. The fourth-order valence-electron chi connectivity index (χ4n) is 1.49. The molecule has 0 aliphatic heterocycles. The number of aromatic hydroxyl groups is 1. The zero-order valence-electron chi connectivity index (χ0n) is 9.15. The van der Waals surface area contributed by atoms with Crippen molar-refractivity contribution >= 4 is 11.6 Å². The van der Waals surface area contributed by atoms with Gasteiger partial charge < -0.3 is 10.4 Å². The van der Waals surface area contributed by atoms with Crippen LogP contribution in [0.3, 0.4) is 0 Å². The predicted molar refractivity (Wildman–Crippen MR) is 62.4 cm³/mol. The highest BCUT2D eigenvalue weighted by molar-refractivity contribution is 6.06. The number of halogens is 2. The summed E-state index contributed by atoms with van der Waals surface area (Å²) in [5.41, 5.74) is 0.0166. The van der Waals surface area contributed by atoms with Gasteiger partial charge in [0, 0.05) is 11.8 Å². The Morgan fingerprint density at radius 3 is 2.28 bits per heavy atom. The summed E-state index contributed by atoms with van der Waals surface area (Å²) in [6.45, 7) is 0. The first-order chi connectivity index (χ1) is 8.56. The third kappa shape index (κ3) is 2.63. The average molecular weight is 249 g/mol. The molecule has 0 bridgehead atoms. The first-order valence-electron chi connectivity index (χ1n) is 5.12. The van der Waals surface area contributed by atoms with Gasteiger partial charge in [-0.15, -0.1) is 0 Å². The molecule has 0 aliphatic rings. The lowest BCUT2D eigenvalue weighted by molar-refractivity contribution is 0.102. The monoisotopic (exact) mass is 249 g/mol. The third-order valence-electron chi connectivity index (χ3n) is 2.27. The number of hydrogen-bond acceptors (Lipinski definition) is 2. The maximum atomic E-state index is 12.9. The van der Waals surface area contributed by atoms with Crippen LogP contribution in [0.25, 0.3) is 0 Å². The quantitative estimate of drug-likeness (QED) is 0.859. The predicted octanol–water partition coefficient (Wildman–Crippen LogP) is 2.92. The smallest absolute Gasteiger partial charge is 0.259 e. The molecule has 3 nitrogen and oxygen atoms in total. The molecule has 92 valence electrons. The molecule has 18 heavy (non-hydrogen) atoms. The van der Waals surface area contributed by atoms with Crippen LogP contribution in [0, 0.1) is 11.6 Å². The lowest BCUT2D eigenvalue weighted by Crippen LogP contribution is -2.12. The summed E-state index contributed by atoms with van der Waals surface area (Å²) >= 11 is 0. The molecule has 5 heteroatoms. The van der Waals surface area contributed by atoms with Crippen LogP contribution >= 0.6 is 0 Å². The van der Waals surface area contributed by atoms with E-state index in [2.05, 4.69) is 5.32 Å². The minimum absolute atomic E-state index is 0.0132. The van der Waals surface area contributed by atoms with Gasteiger partial charge in [-0.1, -0.05) is 12.1 Å². The van der Waals surface area contributed by atoms with Crippen LogP contribution in [-0.2, 0) is 0 Å². The van der Waals surface area contributed by atoms with Crippen molar-refractivity contribution < 1.29 is 18.7 Å². The number of carbonyl (C=O) groups excluding carboxylic acids is 1. The number of para-hydroxylation sites is 1. The Morgan fingerprint density at radius 2 is 1.67 bits per heavy atom. The van der Waals surface area contributed by atoms with Crippen LogP contribution in [0.2, 0.25) is 0 Å². The first-order valence-corrected chi connectivity index (χ1v) is 5.12. The maximum Gasteiger partial charge on any atom is 0.259 e. The number of hydrogen-bond donors (Lipinski definition) is 2. The number of amides is 1. The van der Waals surface area contributed by atoms with Gasteiger partial charge in [0.05, 0.1) is 5.56 Å². The van der Waals surface area contributed by atoms with E-state index in [0.717, 1.165) is 12.1 Å². The normalized spacial score (nSPS) is 10.1. The summed E-state index contributed by atoms with van der Waals surface area (Å²) in [5.74, 6) is -2.42. The largest absolute Gasteiger partial charge is 0.507 e. The van der Waals surface area contributed by atoms with Crippen LogP contribution < -0.4 is 5.32 Å². The minimum Gasteiger partial charge on any atom is -0.507 e. The van der Waals surface area contributed by atoms with Gasteiger partial charge in [-0.3, -0.25) is 4.79 Å². The van der Waals surface area contributed by atoms with E-state index in [1.807, 2.05) is 0 Å². The highest BCUT2D eigenvalue weighted by Crippen LogP contribution is 2.19. The summed E-state index contributed by atoms with van der Waals surface area (Å²) in [6.07, 6.45) is 0. The standard InChI is InChI=1S/C13H9F2NO2/c14-8-5-9(15)7-10(6-8)16-13(18)11-3-1-2-4-12(11)17/h1-7,17H,(H,16,18). The number of nitrogens with one attached hydrogen (secondary N) is 1. The molecular formula is C13H9F2NO2. The van der Waals surface area contributed by atoms with Crippen molar-refractivity contribution in [3.05, 3.63) is 59.7 Å². The van der Waals surface area contributed by atoms with Crippen molar-refractivity contribution in [2.45, 2.75) is 0 Å². The Kier molecular flexibility index (Phi) is 3.23. The second kappa shape index (κ2) is 4.83. The van der Waals surface area contributed by atoms with Crippen LogP contribution in [0.4, 0.5) is 14.5 Å². The number of benzene rings is 2. The van der Waals surface area contributed by atoms with Crippen molar-refractivity contribution in [3.8, 4) is 5.75 Å². The summed E-state index contributed by atoms with van der Waals surface area (Å²) in [6, 6.07) is 8.56. The van der Waals surface area contributed by atoms with E-state index in [-0.39, 0.29) is 17.0 Å². The topological polar surface area (TPSA) is 49.3 Å². The Bertz CT molecular complexity index is 579. The molecule has 2 aromatic rings. The molecule has 2 aromatic carbocycles. The molecule has 0 heterocycles. The lowest BCUT2D eigenvalue weighted by atomic mass is 10.2. The van der Waals surface area contributed by atoms with Crippen LogP contribution in [0.1, 0.15) is 10.4 Å². The van der Waals surface area contributed by atoms with Crippen LogP contribution in [0.15, 0.2) is 42.5 Å². The summed E-state index contributed by atoms with van der Waals surface area (Å²) in [5, 5.41) is 11.8. The van der Waals surface area contributed by atoms with Gasteiger partial charge in [0.15, 0.2) is 0 Å². The van der Waals surface area contributed by atoms with Gasteiger partial charge in [-0.05, 0) is 24.3 Å². The second-order valence-electron chi connectivity index (χ2n) is 3.63. The van der Waals surface area contributed by atoms with Gasteiger partial charge in [0.25, 0.3) is 5.91 Å². The fourth-order valence-corrected chi connectivity index (χ4v) is 1.49. The minimum atomic E-state index is -0.789. The molecule has 0 atom stereocenters. The van der Waals surface area contributed by atoms with E-state index < -0.39 is 17.5 Å². The molecule has 0 radical (unpaired) electrons. The number of phenols is 1. The summed E-state index contributed by atoms with van der Waals surface area (Å²) < 4.78 is 25.8. The number of rotatable bonds is 2. The molecule has 2 rings (SSSR count). The third-order valence-corrected chi connectivity index (χ3v) is 2.27. The molecule has 2 N–H and O–H groups in total. The number of carbonyl (C=O) groups is 1. The SMILES string of the molecule is O=C(Nc1cc(F)cc(F)c1)c1ccccc1O. The van der Waals surface area contributed by atoms with E-state index in [1.165, 1.54) is 12.1 Å². The fraction of sp³-hybridized carbons (Fsp3) is 0. The molecule has 0 aliphatic carbocycles. The molecule has 0 aromatic heterocycles. The summed E-state index contributed by atoms with van der Waals surface area (Å²) in [4.78, 5) is 11.7. The van der Waals surface area contributed by atoms with E-state index in [0.29, 0.717) is 6.07 Å². The maximum absolute atomic E-state index is 12.9. The highest BCUT2D eigenvalue weighted by atomic mass is 19.1. The van der Waals surface area contributed by atoms with Crippen molar-refractivity contribution in [2.24, 2.45) is 0 Å². The van der Waals surface area contributed by atoms with Crippen molar-refractivity contribution in [3.63, 3.8) is 0 Å². The van der Waals surface area contributed by atoms with Gasteiger partial charge in [-0.2, -0.15) is 0 Å². The molecule has 0 unspecified atom stereocenters. The van der Waals surface area contributed by atoms with Gasteiger partial charge in [-0.25, -0.2) is 8.78 Å². The van der Waals surface area contributed by atoms with Crippen molar-refractivity contribution in [1.82, 2.24) is 0 Å². The average Bonchev–Trinajstić information content (AvgIpc) is 2.27. The second-order valence-corrected chi connectivity index (χ2v) is 3.63. The Balaban J connectivity index is 2.24. The Morgan fingerprint density at radius 1 is 1.06 bits per heavy atom. The number of phenolic OH excluding ortho intramolecular Hbond substituents is 1. The van der Waals surface area contributed by atoms with E-state index >= 15 is 0 Å². The molecular weight excluding hydrogens is 240 g/mol. The molecule has 0 fully saturated rings. The zero-order valence-corrected chi connectivity index (χ0v) is 9.15. The lowest BCUT2D eigenvalue weighted by Gasteiger charge is -2.06. The van der Waals surface area contributed by atoms with E-state index in [4.69, 9.17) is 0 Å². The zero-order chi connectivity index (χ0) is 13.1. The van der Waals surface area contributed by atoms with Crippen LogP contribution in [0.5, 0.6) is 5.75 Å². The first kappa shape index (κ1) is 12.0. The van der Waals surface area contributed by atoms with E-state index in [9.17, 15) is 18.7 Å². The van der Waals surface area contributed by atoms with Crippen molar-refractivity contribution in [2.75, 3.05) is 5.32 Å².